The average molecular weight is 254 g/mol. The molecule has 0 N–H and O–H groups in total. The highest BCUT2D eigenvalue weighted by atomic mass is 16.5. The zero-order valence-electron chi connectivity index (χ0n) is 10.9. The van der Waals surface area contributed by atoms with Gasteiger partial charge in [-0.2, -0.15) is 0 Å². The molecule has 1 aromatic carbocycles. The second-order valence-electron chi connectivity index (χ2n) is 4.80. The van der Waals surface area contributed by atoms with Crippen molar-refractivity contribution in [2.24, 2.45) is 0 Å². The van der Waals surface area contributed by atoms with Gasteiger partial charge in [0.05, 0.1) is 6.04 Å². The quantitative estimate of drug-likeness (QED) is 0.838. The van der Waals surface area contributed by atoms with E-state index in [0.717, 1.165) is 24.7 Å². The van der Waals surface area contributed by atoms with Gasteiger partial charge in [-0.05, 0) is 37.1 Å². The van der Waals surface area contributed by atoms with Crippen LogP contribution in [0.25, 0.3) is 0 Å². The van der Waals surface area contributed by atoms with Gasteiger partial charge in [-0.1, -0.05) is 24.3 Å². The van der Waals surface area contributed by atoms with E-state index in [2.05, 4.69) is 16.0 Å². The average Bonchev–Trinajstić information content (AvgIpc) is 2.95. The first-order valence-corrected chi connectivity index (χ1v) is 6.79. The van der Waals surface area contributed by atoms with Gasteiger partial charge in [-0.3, -0.25) is 0 Å². The summed E-state index contributed by atoms with van der Waals surface area (Å²) >= 11 is 0. The molecular weight excluding hydrogens is 236 g/mol. The van der Waals surface area contributed by atoms with Crippen molar-refractivity contribution in [2.75, 3.05) is 18.1 Å². The van der Waals surface area contributed by atoms with Gasteiger partial charge in [0.15, 0.2) is 0 Å². The predicted molar refractivity (Wildman–Crippen MR) is 76.5 cm³/mol. The number of hydrogen-bond acceptors (Lipinski definition) is 3. The summed E-state index contributed by atoms with van der Waals surface area (Å²) in [6, 6.07) is 16.5. The van der Waals surface area contributed by atoms with Gasteiger partial charge in [-0.25, -0.2) is 4.98 Å². The second-order valence-corrected chi connectivity index (χ2v) is 4.80. The number of hydrogen-bond donors (Lipinski definition) is 0. The lowest BCUT2D eigenvalue weighted by Gasteiger charge is -2.25. The topological polar surface area (TPSA) is 25.4 Å². The minimum atomic E-state index is 0.426. The molecule has 0 saturated carbocycles. The molecule has 2 heterocycles. The van der Waals surface area contributed by atoms with Crippen molar-refractivity contribution in [2.45, 2.75) is 18.9 Å². The van der Waals surface area contributed by atoms with Crippen LogP contribution in [0, 0.1) is 0 Å². The normalized spacial score (nSPS) is 18.5. The van der Waals surface area contributed by atoms with Gasteiger partial charge in [0.2, 0.25) is 0 Å². The Labute approximate surface area is 113 Å². The zero-order valence-corrected chi connectivity index (χ0v) is 10.9. The first-order valence-electron chi connectivity index (χ1n) is 6.79. The van der Waals surface area contributed by atoms with Crippen molar-refractivity contribution < 1.29 is 4.74 Å². The molecule has 98 valence electrons. The van der Waals surface area contributed by atoms with Crippen molar-refractivity contribution in [1.29, 1.82) is 0 Å². The third-order valence-electron chi connectivity index (χ3n) is 3.51. The molecule has 0 unspecified atom stereocenters. The summed E-state index contributed by atoms with van der Waals surface area (Å²) in [5.41, 5.74) is 0. The summed E-state index contributed by atoms with van der Waals surface area (Å²) in [6.45, 7) is 1.79. The van der Waals surface area contributed by atoms with E-state index in [4.69, 9.17) is 4.74 Å². The Balaban J connectivity index is 1.64. The van der Waals surface area contributed by atoms with Crippen LogP contribution in [0.1, 0.15) is 12.8 Å². The Hall–Kier alpha value is -2.03. The van der Waals surface area contributed by atoms with Crippen molar-refractivity contribution in [3.05, 3.63) is 54.7 Å². The number of benzene rings is 1. The first-order chi connectivity index (χ1) is 9.43. The van der Waals surface area contributed by atoms with Crippen LogP contribution in [0.4, 0.5) is 5.82 Å². The van der Waals surface area contributed by atoms with Gasteiger partial charge in [0, 0.05) is 12.7 Å². The summed E-state index contributed by atoms with van der Waals surface area (Å²) in [6.07, 6.45) is 4.23. The van der Waals surface area contributed by atoms with Crippen LogP contribution >= 0.6 is 0 Å². The highest BCUT2D eigenvalue weighted by molar-refractivity contribution is 5.40. The molecule has 3 rings (SSSR count). The highest BCUT2D eigenvalue weighted by Gasteiger charge is 2.25. The minimum Gasteiger partial charge on any atom is -0.491 e. The fourth-order valence-electron chi connectivity index (χ4n) is 2.54. The van der Waals surface area contributed by atoms with Crippen LogP contribution in [0.15, 0.2) is 54.7 Å². The zero-order chi connectivity index (χ0) is 12.9. The molecule has 19 heavy (non-hydrogen) atoms. The van der Waals surface area contributed by atoms with E-state index in [1.54, 1.807) is 0 Å². The monoisotopic (exact) mass is 254 g/mol. The van der Waals surface area contributed by atoms with Gasteiger partial charge >= 0.3 is 0 Å². The molecule has 1 aliphatic heterocycles. The molecule has 2 aromatic rings. The third kappa shape index (κ3) is 2.87. The Bertz CT molecular complexity index is 501. The van der Waals surface area contributed by atoms with Crippen LogP contribution in [0.5, 0.6) is 5.75 Å². The summed E-state index contributed by atoms with van der Waals surface area (Å²) in [5.74, 6) is 2.00. The maximum atomic E-state index is 5.87. The van der Waals surface area contributed by atoms with Crippen LogP contribution < -0.4 is 9.64 Å². The van der Waals surface area contributed by atoms with Crippen molar-refractivity contribution in [3.63, 3.8) is 0 Å². The molecule has 1 atom stereocenters. The lowest BCUT2D eigenvalue weighted by atomic mass is 10.2. The molecule has 0 radical (unpaired) electrons. The Kier molecular flexibility index (Phi) is 3.63. The third-order valence-corrected chi connectivity index (χ3v) is 3.51. The number of ether oxygens (including phenoxy) is 1. The van der Waals surface area contributed by atoms with Crippen LogP contribution in [0.2, 0.25) is 0 Å². The minimum absolute atomic E-state index is 0.426. The number of aromatic nitrogens is 1. The molecule has 1 fully saturated rings. The molecule has 3 nitrogen and oxygen atoms in total. The molecule has 1 saturated heterocycles. The Morgan fingerprint density at radius 3 is 2.74 bits per heavy atom. The van der Waals surface area contributed by atoms with E-state index >= 15 is 0 Å². The fourth-order valence-corrected chi connectivity index (χ4v) is 2.54. The summed E-state index contributed by atoms with van der Waals surface area (Å²) in [4.78, 5) is 6.79. The van der Waals surface area contributed by atoms with Gasteiger partial charge in [0.1, 0.15) is 18.2 Å². The number of anilines is 1. The number of para-hydroxylation sites is 1. The molecule has 1 aliphatic rings. The van der Waals surface area contributed by atoms with Crippen molar-refractivity contribution >= 4 is 5.82 Å². The van der Waals surface area contributed by atoms with Crippen LogP contribution in [0.3, 0.4) is 0 Å². The molecule has 0 bridgehead atoms. The number of pyridine rings is 1. The molecule has 0 amide bonds. The Morgan fingerprint density at radius 2 is 1.95 bits per heavy atom. The SMILES string of the molecule is c1ccc(OC[C@H]2CCCN2c2ccccn2)cc1. The van der Waals surface area contributed by atoms with E-state index in [0.29, 0.717) is 6.04 Å². The van der Waals surface area contributed by atoms with Crippen molar-refractivity contribution in [3.8, 4) is 5.75 Å². The fraction of sp³-hybridized carbons (Fsp3) is 0.312. The molecule has 1 aromatic heterocycles. The second kappa shape index (κ2) is 5.74. The molecule has 3 heteroatoms. The number of nitrogens with zero attached hydrogens (tertiary/aromatic N) is 2. The van der Waals surface area contributed by atoms with Gasteiger partial charge in [-0.15, -0.1) is 0 Å². The number of rotatable bonds is 4. The summed E-state index contributed by atoms with van der Waals surface area (Å²) < 4.78 is 5.87. The lowest BCUT2D eigenvalue weighted by molar-refractivity contribution is 0.288. The summed E-state index contributed by atoms with van der Waals surface area (Å²) in [5, 5.41) is 0. The predicted octanol–water partition coefficient (Wildman–Crippen LogP) is 3.13. The van der Waals surface area contributed by atoms with Crippen LogP contribution in [-0.2, 0) is 0 Å². The molecule has 0 spiro atoms. The maximum Gasteiger partial charge on any atom is 0.128 e. The van der Waals surface area contributed by atoms with E-state index in [-0.39, 0.29) is 0 Å². The van der Waals surface area contributed by atoms with Gasteiger partial charge in [0.25, 0.3) is 0 Å². The first kappa shape index (κ1) is 12.0. The maximum absolute atomic E-state index is 5.87. The van der Waals surface area contributed by atoms with E-state index in [1.165, 1.54) is 12.8 Å². The van der Waals surface area contributed by atoms with E-state index in [1.807, 2.05) is 48.7 Å². The van der Waals surface area contributed by atoms with Crippen LogP contribution in [-0.4, -0.2) is 24.2 Å². The smallest absolute Gasteiger partial charge is 0.128 e. The highest BCUT2D eigenvalue weighted by Crippen LogP contribution is 2.24. The molecular formula is C16H18N2O. The summed E-state index contributed by atoms with van der Waals surface area (Å²) in [7, 11) is 0. The largest absolute Gasteiger partial charge is 0.491 e. The van der Waals surface area contributed by atoms with E-state index < -0.39 is 0 Å². The molecule has 0 aliphatic carbocycles. The van der Waals surface area contributed by atoms with E-state index in [9.17, 15) is 0 Å². The lowest BCUT2D eigenvalue weighted by Crippen LogP contribution is -2.34. The van der Waals surface area contributed by atoms with Crippen molar-refractivity contribution in [1.82, 2.24) is 4.98 Å². The Morgan fingerprint density at radius 1 is 1.11 bits per heavy atom. The van der Waals surface area contributed by atoms with Gasteiger partial charge < -0.3 is 9.64 Å². The standard InChI is InChI=1S/C16H18N2O/c1-2-8-15(9-3-1)19-13-14-7-6-12-18(14)16-10-4-5-11-17-16/h1-5,8-11,14H,6-7,12-13H2/t14-/m1/s1.